The number of aromatic nitrogens is 2. The van der Waals surface area contributed by atoms with Crippen molar-refractivity contribution in [1.29, 1.82) is 0 Å². The molecular weight excluding hydrogens is 350 g/mol. The SMILES string of the molecule is CC(O)Cn1c(-c2ccccc2[N+](=O)[O-])nc2c(C3OCCO3)cccc21. The molecule has 1 atom stereocenters. The van der Waals surface area contributed by atoms with Gasteiger partial charge in [0.2, 0.25) is 0 Å². The Morgan fingerprint density at radius 3 is 2.70 bits per heavy atom. The first-order chi connectivity index (χ1) is 13.1. The van der Waals surface area contributed by atoms with Gasteiger partial charge in [0, 0.05) is 11.6 Å². The Bertz CT molecular complexity index is 992. The highest BCUT2D eigenvalue weighted by molar-refractivity contribution is 5.85. The Balaban J connectivity index is 1.97. The lowest BCUT2D eigenvalue weighted by Gasteiger charge is -2.12. The van der Waals surface area contributed by atoms with Gasteiger partial charge in [-0.2, -0.15) is 0 Å². The van der Waals surface area contributed by atoms with Crippen LogP contribution in [0, 0.1) is 10.1 Å². The molecule has 0 aliphatic carbocycles. The zero-order valence-corrected chi connectivity index (χ0v) is 14.7. The quantitative estimate of drug-likeness (QED) is 0.548. The molecule has 0 radical (unpaired) electrons. The van der Waals surface area contributed by atoms with Gasteiger partial charge in [-0.1, -0.05) is 24.3 Å². The van der Waals surface area contributed by atoms with Gasteiger partial charge in [-0.15, -0.1) is 0 Å². The van der Waals surface area contributed by atoms with Crippen LogP contribution in [0.25, 0.3) is 22.4 Å². The summed E-state index contributed by atoms with van der Waals surface area (Å²) in [7, 11) is 0. The molecule has 1 aromatic heterocycles. The predicted molar refractivity (Wildman–Crippen MR) is 98.1 cm³/mol. The van der Waals surface area contributed by atoms with Gasteiger partial charge in [-0.25, -0.2) is 4.98 Å². The number of aliphatic hydroxyl groups excluding tert-OH is 1. The van der Waals surface area contributed by atoms with E-state index in [2.05, 4.69) is 0 Å². The number of nitro benzene ring substituents is 1. The van der Waals surface area contributed by atoms with Crippen LogP contribution in [-0.2, 0) is 16.0 Å². The molecule has 140 valence electrons. The van der Waals surface area contributed by atoms with Crippen molar-refractivity contribution in [2.24, 2.45) is 0 Å². The van der Waals surface area contributed by atoms with Crippen LogP contribution in [0.15, 0.2) is 42.5 Å². The maximum atomic E-state index is 11.5. The van der Waals surface area contributed by atoms with E-state index in [4.69, 9.17) is 14.5 Å². The molecule has 3 aromatic rings. The van der Waals surface area contributed by atoms with E-state index < -0.39 is 17.3 Å². The van der Waals surface area contributed by atoms with Crippen LogP contribution in [0.2, 0.25) is 0 Å². The second-order valence-corrected chi connectivity index (χ2v) is 6.46. The Morgan fingerprint density at radius 1 is 1.26 bits per heavy atom. The summed E-state index contributed by atoms with van der Waals surface area (Å²) >= 11 is 0. The molecule has 0 amide bonds. The first-order valence-electron chi connectivity index (χ1n) is 8.70. The molecular formula is C19H19N3O5. The average molecular weight is 369 g/mol. The van der Waals surface area contributed by atoms with Crippen molar-refractivity contribution in [3.8, 4) is 11.4 Å². The molecule has 0 saturated carbocycles. The summed E-state index contributed by atoms with van der Waals surface area (Å²) in [4.78, 5) is 15.8. The highest BCUT2D eigenvalue weighted by Gasteiger charge is 2.26. The highest BCUT2D eigenvalue weighted by atomic mass is 16.7. The van der Waals surface area contributed by atoms with Gasteiger partial charge in [0.05, 0.1) is 47.4 Å². The van der Waals surface area contributed by atoms with Gasteiger partial charge in [-0.05, 0) is 19.1 Å². The van der Waals surface area contributed by atoms with E-state index in [0.717, 1.165) is 11.1 Å². The van der Waals surface area contributed by atoms with Gasteiger partial charge in [0.1, 0.15) is 5.82 Å². The van der Waals surface area contributed by atoms with Crippen LogP contribution < -0.4 is 0 Å². The van der Waals surface area contributed by atoms with E-state index in [-0.39, 0.29) is 12.2 Å². The van der Waals surface area contributed by atoms with E-state index in [1.807, 2.05) is 18.2 Å². The number of rotatable bonds is 5. The second-order valence-electron chi connectivity index (χ2n) is 6.46. The Kier molecular flexibility index (Phi) is 4.61. The van der Waals surface area contributed by atoms with E-state index in [0.29, 0.717) is 30.1 Å². The normalized spacial score (nSPS) is 16.1. The lowest BCUT2D eigenvalue weighted by molar-refractivity contribution is -0.384. The van der Waals surface area contributed by atoms with E-state index >= 15 is 0 Å². The number of nitro groups is 1. The molecule has 8 heteroatoms. The Hall–Kier alpha value is -2.81. The van der Waals surface area contributed by atoms with Crippen molar-refractivity contribution in [3.63, 3.8) is 0 Å². The third-order valence-electron chi connectivity index (χ3n) is 4.47. The number of nitrogens with zero attached hydrogens (tertiary/aromatic N) is 3. The van der Waals surface area contributed by atoms with Crippen LogP contribution in [-0.4, -0.2) is 38.9 Å². The molecule has 4 rings (SSSR count). The number of fused-ring (bicyclic) bond motifs is 1. The van der Waals surface area contributed by atoms with Crippen molar-refractivity contribution >= 4 is 16.7 Å². The third-order valence-corrected chi connectivity index (χ3v) is 4.47. The molecule has 1 N–H and O–H groups in total. The maximum Gasteiger partial charge on any atom is 0.280 e. The smallest absolute Gasteiger partial charge is 0.280 e. The van der Waals surface area contributed by atoms with Crippen molar-refractivity contribution < 1.29 is 19.5 Å². The summed E-state index contributed by atoms with van der Waals surface area (Å²) in [5.41, 5.74) is 2.56. The predicted octanol–water partition coefficient (Wildman–Crippen LogP) is 3.04. The maximum absolute atomic E-state index is 11.5. The summed E-state index contributed by atoms with van der Waals surface area (Å²) in [5.74, 6) is 0.434. The third kappa shape index (κ3) is 3.18. The number of aliphatic hydroxyl groups is 1. The minimum Gasteiger partial charge on any atom is -0.392 e. The first kappa shape index (κ1) is 17.6. The van der Waals surface area contributed by atoms with Crippen molar-refractivity contribution in [3.05, 3.63) is 58.1 Å². The fraction of sp³-hybridized carbons (Fsp3) is 0.316. The van der Waals surface area contributed by atoms with Gasteiger partial charge in [-0.3, -0.25) is 10.1 Å². The van der Waals surface area contributed by atoms with Crippen LogP contribution >= 0.6 is 0 Å². The van der Waals surface area contributed by atoms with Gasteiger partial charge in [0.15, 0.2) is 6.29 Å². The van der Waals surface area contributed by atoms with Crippen LogP contribution in [0.3, 0.4) is 0 Å². The molecule has 1 unspecified atom stereocenters. The van der Waals surface area contributed by atoms with Crippen molar-refractivity contribution in [1.82, 2.24) is 9.55 Å². The number of imidazole rings is 1. The highest BCUT2D eigenvalue weighted by Crippen LogP contribution is 2.35. The van der Waals surface area contributed by atoms with Crippen LogP contribution in [0.4, 0.5) is 5.69 Å². The number of ether oxygens (including phenoxy) is 2. The van der Waals surface area contributed by atoms with E-state index in [1.165, 1.54) is 6.07 Å². The lowest BCUT2D eigenvalue weighted by Crippen LogP contribution is -2.13. The zero-order valence-electron chi connectivity index (χ0n) is 14.7. The molecule has 27 heavy (non-hydrogen) atoms. The van der Waals surface area contributed by atoms with Crippen LogP contribution in [0.1, 0.15) is 18.8 Å². The van der Waals surface area contributed by atoms with Crippen LogP contribution in [0.5, 0.6) is 0 Å². The fourth-order valence-corrected chi connectivity index (χ4v) is 3.37. The molecule has 0 bridgehead atoms. The summed E-state index contributed by atoms with van der Waals surface area (Å²) in [6.45, 7) is 2.94. The standard InChI is InChI=1S/C19H19N3O5/c1-12(23)11-21-16-8-4-6-14(19-26-9-10-27-19)17(16)20-18(21)13-5-2-3-7-15(13)22(24)25/h2-8,12,19,23H,9-11H2,1H3. The molecule has 1 saturated heterocycles. The summed E-state index contributed by atoms with van der Waals surface area (Å²) in [5, 5.41) is 21.5. The summed E-state index contributed by atoms with van der Waals surface area (Å²) in [6, 6.07) is 12.1. The molecule has 1 aliphatic rings. The summed E-state index contributed by atoms with van der Waals surface area (Å²) in [6.07, 6.45) is -1.16. The second kappa shape index (κ2) is 7.07. The Morgan fingerprint density at radius 2 is 2.00 bits per heavy atom. The van der Waals surface area contributed by atoms with Gasteiger partial charge < -0.3 is 19.1 Å². The largest absolute Gasteiger partial charge is 0.392 e. The van der Waals surface area contributed by atoms with Gasteiger partial charge in [0.25, 0.3) is 5.69 Å². The molecule has 0 spiro atoms. The summed E-state index contributed by atoms with van der Waals surface area (Å²) < 4.78 is 13.0. The number of benzene rings is 2. The fourth-order valence-electron chi connectivity index (χ4n) is 3.37. The molecule has 1 fully saturated rings. The lowest BCUT2D eigenvalue weighted by atomic mass is 10.1. The monoisotopic (exact) mass is 369 g/mol. The van der Waals surface area contributed by atoms with E-state index in [9.17, 15) is 15.2 Å². The number of para-hydroxylation sites is 2. The minimum atomic E-state index is -0.647. The van der Waals surface area contributed by atoms with E-state index in [1.54, 1.807) is 29.7 Å². The topological polar surface area (TPSA) is 99.7 Å². The molecule has 8 nitrogen and oxygen atoms in total. The minimum absolute atomic E-state index is 0.0328. The number of hydrogen-bond donors (Lipinski definition) is 1. The average Bonchev–Trinajstić information content (AvgIpc) is 3.30. The van der Waals surface area contributed by atoms with Crippen molar-refractivity contribution in [2.45, 2.75) is 25.9 Å². The molecule has 2 aromatic carbocycles. The van der Waals surface area contributed by atoms with Crippen molar-refractivity contribution in [2.75, 3.05) is 13.2 Å². The first-order valence-corrected chi connectivity index (χ1v) is 8.70. The Labute approximate surface area is 155 Å². The molecule has 1 aliphatic heterocycles. The molecule has 2 heterocycles. The number of hydrogen-bond acceptors (Lipinski definition) is 6. The van der Waals surface area contributed by atoms with Gasteiger partial charge >= 0.3 is 0 Å². The zero-order chi connectivity index (χ0) is 19.0.